The molecule has 0 amide bonds. The molecule has 2 atom stereocenters. The fourth-order valence-corrected chi connectivity index (χ4v) is 14.3. The van der Waals surface area contributed by atoms with Gasteiger partial charge in [-0.25, -0.2) is 0 Å². The summed E-state index contributed by atoms with van der Waals surface area (Å²) in [6.45, 7) is 13.7. The summed E-state index contributed by atoms with van der Waals surface area (Å²) in [7, 11) is 0. The van der Waals surface area contributed by atoms with Crippen LogP contribution in [0.3, 0.4) is 0 Å². The van der Waals surface area contributed by atoms with Crippen LogP contribution >= 0.6 is 0 Å². The topological polar surface area (TPSA) is 28.9 Å². The van der Waals surface area contributed by atoms with Crippen LogP contribution in [-0.2, 0) is 22.7 Å². The molecule has 1 spiro atoms. The van der Waals surface area contributed by atoms with Crippen LogP contribution in [0.4, 0.5) is 34.1 Å². The van der Waals surface area contributed by atoms with Crippen LogP contribution in [0.5, 0.6) is 5.75 Å². The smallest absolute Gasteiger partial charge is 0.137 e. The van der Waals surface area contributed by atoms with E-state index in [0.29, 0.717) is 0 Å². The van der Waals surface area contributed by atoms with Crippen LogP contribution in [0.2, 0.25) is 0 Å². The number of fused-ring (bicyclic) bond motifs is 20. The first kappa shape index (κ1) is 46.9. The lowest BCUT2D eigenvalue weighted by atomic mass is 9.70. The Hall–Kier alpha value is -9.12. The van der Waals surface area contributed by atoms with Crippen molar-refractivity contribution in [1.29, 1.82) is 0 Å². The minimum absolute atomic E-state index is 0.00753. The van der Waals surface area contributed by atoms with Gasteiger partial charge in [0.25, 0.3) is 0 Å². The SMILES string of the molecule is CC(C)(C)c1ccc(N(c2ccc3c(c2)Cc2ccccc2-3)c2ccc3c(c2)C2(c4ccccc4-c4ccccc42)c2cc(N(c4ccc(C(C)(C)C)cc4)c4ccc5c(c4)oc4ccccc45)c4c(c2-3)OC2C=CC=CC42)cc1. The molecule has 0 bridgehead atoms. The zero-order chi connectivity index (χ0) is 53.8. The number of nitrogens with zero attached hydrogens (tertiary/aromatic N) is 2. The van der Waals surface area contributed by atoms with Crippen LogP contribution < -0.4 is 14.5 Å². The standard InChI is InChI=1S/C76H60N2O2/c1-74(2,3)48-27-31-50(32-28-48)77(52-35-38-56-47(42-52)41-46-17-7-8-18-55(46)56)53-37-40-61-65(43-53)76(63-23-13-9-19-57(63)58-20-10-14-24-64(58)76)66-45-67(72-62-22-12-16-26-69(62)80-73(72)71(61)66)78(51-33-29-49(30-34-51)75(4,5)6)54-36-39-60-59-21-11-15-25-68(59)79-70(60)44-54/h7-40,42-45,62,69H,41H2,1-6H3. The molecule has 1 aliphatic heterocycles. The number of rotatable bonds is 6. The Labute approximate surface area is 468 Å². The molecule has 0 fully saturated rings. The lowest BCUT2D eigenvalue weighted by Gasteiger charge is -2.34. The van der Waals surface area contributed by atoms with E-state index in [-0.39, 0.29) is 22.9 Å². The van der Waals surface area contributed by atoms with Gasteiger partial charge in [0.15, 0.2) is 0 Å². The second kappa shape index (κ2) is 16.9. The molecule has 4 aliphatic carbocycles. The van der Waals surface area contributed by atoms with Gasteiger partial charge in [-0.15, -0.1) is 0 Å². The molecule has 5 aliphatic rings. The van der Waals surface area contributed by atoms with Crippen LogP contribution in [-0.4, -0.2) is 6.10 Å². The highest BCUT2D eigenvalue weighted by atomic mass is 16.5. The molecule has 10 aromatic carbocycles. The third-order valence-corrected chi connectivity index (χ3v) is 18.1. The van der Waals surface area contributed by atoms with E-state index in [1.54, 1.807) is 0 Å². The molecule has 0 saturated carbocycles. The predicted octanol–water partition coefficient (Wildman–Crippen LogP) is 20.0. The molecule has 0 N–H and O–H groups in total. The van der Waals surface area contributed by atoms with E-state index >= 15 is 0 Å². The first-order chi connectivity index (χ1) is 38.9. The quantitative estimate of drug-likeness (QED) is 0.166. The number of hydrogen-bond donors (Lipinski definition) is 0. The maximum atomic E-state index is 7.56. The van der Waals surface area contributed by atoms with Crippen molar-refractivity contribution < 1.29 is 9.15 Å². The summed E-state index contributed by atoms with van der Waals surface area (Å²) < 4.78 is 14.3. The molecule has 2 unspecified atom stereocenters. The Bertz CT molecular complexity index is 4420. The van der Waals surface area contributed by atoms with Gasteiger partial charge in [-0.1, -0.05) is 187 Å². The Morgan fingerprint density at radius 1 is 0.425 bits per heavy atom. The Morgan fingerprint density at radius 2 is 0.975 bits per heavy atom. The van der Waals surface area contributed by atoms with Crippen LogP contribution in [0.1, 0.15) is 97.5 Å². The van der Waals surface area contributed by atoms with Crippen molar-refractivity contribution in [3.05, 3.63) is 281 Å². The number of anilines is 6. The average Bonchev–Trinajstić information content (AvgIpc) is 4.47. The fourth-order valence-electron chi connectivity index (χ4n) is 14.3. The summed E-state index contributed by atoms with van der Waals surface area (Å²) in [5.41, 5.74) is 26.6. The van der Waals surface area contributed by atoms with Crippen molar-refractivity contribution in [1.82, 2.24) is 0 Å². The monoisotopic (exact) mass is 1030 g/mol. The van der Waals surface area contributed by atoms with E-state index in [1.165, 1.54) is 83.5 Å². The summed E-state index contributed by atoms with van der Waals surface area (Å²) >= 11 is 0. The van der Waals surface area contributed by atoms with Gasteiger partial charge in [-0.3, -0.25) is 0 Å². The van der Waals surface area contributed by atoms with Crippen molar-refractivity contribution >= 4 is 56.1 Å². The molecule has 0 radical (unpaired) electrons. The highest BCUT2D eigenvalue weighted by Crippen LogP contribution is 2.68. The van der Waals surface area contributed by atoms with Crippen molar-refractivity contribution in [2.75, 3.05) is 9.80 Å². The van der Waals surface area contributed by atoms with Crippen molar-refractivity contribution in [2.24, 2.45) is 0 Å². The zero-order valence-corrected chi connectivity index (χ0v) is 46.0. The van der Waals surface area contributed by atoms with Gasteiger partial charge in [-0.05, 0) is 168 Å². The maximum absolute atomic E-state index is 7.56. The third-order valence-electron chi connectivity index (χ3n) is 18.1. The molecule has 4 nitrogen and oxygen atoms in total. The lowest BCUT2D eigenvalue weighted by Crippen LogP contribution is -2.27. The van der Waals surface area contributed by atoms with Crippen LogP contribution in [0.15, 0.2) is 235 Å². The van der Waals surface area contributed by atoms with Crippen LogP contribution in [0.25, 0.3) is 55.3 Å². The predicted molar refractivity (Wildman–Crippen MR) is 330 cm³/mol. The van der Waals surface area contributed by atoms with E-state index < -0.39 is 5.41 Å². The van der Waals surface area contributed by atoms with Gasteiger partial charge < -0.3 is 19.0 Å². The van der Waals surface area contributed by atoms with Gasteiger partial charge in [0, 0.05) is 62.3 Å². The minimum Gasteiger partial charge on any atom is -0.484 e. The van der Waals surface area contributed by atoms with Crippen LogP contribution in [0, 0.1) is 0 Å². The zero-order valence-electron chi connectivity index (χ0n) is 46.0. The first-order valence-electron chi connectivity index (χ1n) is 28.4. The van der Waals surface area contributed by atoms with Gasteiger partial charge in [0.05, 0.1) is 11.1 Å². The molecular formula is C76H60N2O2. The Balaban J connectivity index is 0.977. The van der Waals surface area contributed by atoms with Gasteiger partial charge >= 0.3 is 0 Å². The third kappa shape index (κ3) is 6.75. The van der Waals surface area contributed by atoms with Gasteiger partial charge in [0.2, 0.25) is 0 Å². The van der Waals surface area contributed by atoms with E-state index in [0.717, 1.165) is 68.2 Å². The van der Waals surface area contributed by atoms with E-state index in [2.05, 4.69) is 282 Å². The van der Waals surface area contributed by atoms with Gasteiger partial charge in [0.1, 0.15) is 23.0 Å². The molecule has 80 heavy (non-hydrogen) atoms. The summed E-state index contributed by atoms with van der Waals surface area (Å²) in [5.74, 6) is 0.923. The summed E-state index contributed by atoms with van der Waals surface area (Å²) in [6, 6.07) is 77.8. The van der Waals surface area contributed by atoms with E-state index in [4.69, 9.17) is 9.15 Å². The number of furan rings is 1. The van der Waals surface area contributed by atoms with Crippen molar-refractivity contribution in [3.63, 3.8) is 0 Å². The number of para-hydroxylation sites is 1. The number of hydrogen-bond acceptors (Lipinski definition) is 4. The lowest BCUT2D eigenvalue weighted by molar-refractivity contribution is 0.270. The van der Waals surface area contributed by atoms with Crippen molar-refractivity contribution in [2.45, 2.75) is 76.2 Å². The summed E-state index contributed by atoms with van der Waals surface area (Å²) in [5, 5.41) is 2.22. The second-order valence-electron chi connectivity index (χ2n) is 24.7. The molecule has 2 heterocycles. The maximum Gasteiger partial charge on any atom is 0.137 e. The Morgan fingerprint density at radius 3 is 1.69 bits per heavy atom. The van der Waals surface area contributed by atoms with Crippen molar-refractivity contribution in [3.8, 4) is 39.1 Å². The molecule has 0 saturated heterocycles. The second-order valence-corrected chi connectivity index (χ2v) is 24.7. The molecule has 386 valence electrons. The van der Waals surface area contributed by atoms with Gasteiger partial charge in [-0.2, -0.15) is 0 Å². The number of benzene rings is 10. The Kier molecular flexibility index (Phi) is 9.94. The first-order valence-corrected chi connectivity index (χ1v) is 28.4. The van der Waals surface area contributed by atoms with E-state index in [9.17, 15) is 0 Å². The highest BCUT2D eigenvalue weighted by molar-refractivity contribution is 6.07. The molecule has 1 aromatic heterocycles. The molecular weight excluding hydrogens is 973 g/mol. The molecule has 4 heteroatoms. The normalized spacial score (nSPS) is 16.4. The highest BCUT2D eigenvalue weighted by Gasteiger charge is 2.55. The minimum atomic E-state index is -0.716. The summed E-state index contributed by atoms with van der Waals surface area (Å²) in [4.78, 5) is 4.98. The molecule has 11 aromatic rings. The van der Waals surface area contributed by atoms with E-state index in [1.807, 2.05) is 0 Å². The molecule has 16 rings (SSSR count). The largest absolute Gasteiger partial charge is 0.484 e. The fraction of sp³-hybridized carbons (Fsp3) is 0.158. The average molecular weight is 1030 g/mol. The number of ether oxygens (including phenoxy) is 1. The number of allylic oxidation sites excluding steroid dienone is 2. The summed E-state index contributed by atoms with van der Waals surface area (Å²) in [6.07, 6.45) is 9.68.